The van der Waals surface area contributed by atoms with Crippen LogP contribution in [-0.4, -0.2) is 16.6 Å². The fraction of sp³-hybridized carbons (Fsp3) is 0.167. The molecule has 1 N–H and O–H groups in total. The maximum atomic E-state index is 11.4. The normalized spacial score (nSPS) is 10.6. The summed E-state index contributed by atoms with van der Waals surface area (Å²) in [5.74, 6) is -0.112. The smallest absolute Gasteiger partial charge is 0.248 e. The number of fused-ring (bicyclic) bond motifs is 1. The molecule has 2 rings (SSSR count). The van der Waals surface area contributed by atoms with Crippen LogP contribution >= 0.6 is 11.6 Å². The van der Waals surface area contributed by atoms with Crippen LogP contribution < -0.4 is 5.56 Å². The quantitative estimate of drug-likeness (QED) is 0.826. The fourth-order valence-electron chi connectivity index (χ4n) is 1.68. The van der Waals surface area contributed by atoms with Crippen LogP contribution in [0.15, 0.2) is 35.1 Å². The first-order chi connectivity index (χ1) is 7.70. The van der Waals surface area contributed by atoms with Crippen molar-refractivity contribution in [3.05, 3.63) is 46.2 Å². The molecule has 0 atom stereocenters. The average Bonchev–Trinajstić information content (AvgIpc) is 2.28. The molecule has 0 spiro atoms. The van der Waals surface area contributed by atoms with Gasteiger partial charge in [-0.15, -0.1) is 11.6 Å². The number of benzene rings is 1. The third kappa shape index (κ3) is 2.14. The number of aromatic nitrogens is 1. The molecule has 1 aromatic heterocycles. The van der Waals surface area contributed by atoms with Gasteiger partial charge in [0.05, 0.1) is 5.88 Å². The summed E-state index contributed by atoms with van der Waals surface area (Å²) in [5, 5.41) is 0.889. The van der Waals surface area contributed by atoms with Crippen LogP contribution in [0.1, 0.15) is 5.56 Å². The summed E-state index contributed by atoms with van der Waals surface area (Å²) in [5.41, 5.74) is 1.27. The maximum Gasteiger partial charge on any atom is 0.248 e. The largest absolute Gasteiger partial charge is 0.322 e. The van der Waals surface area contributed by atoms with Gasteiger partial charge in [0, 0.05) is 23.4 Å². The van der Waals surface area contributed by atoms with Crippen molar-refractivity contribution in [1.82, 2.24) is 4.98 Å². The minimum absolute atomic E-state index is 0.0267. The molecule has 0 bridgehead atoms. The molecule has 1 aromatic carbocycles. The van der Waals surface area contributed by atoms with E-state index in [9.17, 15) is 9.59 Å². The Bertz CT molecular complexity index is 589. The van der Waals surface area contributed by atoms with Gasteiger partial charge in [0.2, 0.25) is 5.56 Å². The number of hydrogen-bond donors (Lipinski definition) is 1. The number of carbonyl (C=O) groups excluding carboxylic acids is 1. The summed E-state index contributed by atoms with van der Waals surface area (Å²) in [6.07, 6.45) is 0.202. The molecule has 2 aromatic rings. The first-order valence-corrected chi connectivity index (χ1v) is 5.43. The van der Waals surface area contributed by atoms with Gasteiger partial charge in [-0.25, -0.2) is 0 Å². The number of ketones is 1. The van der Waals surface area contributed by atoms with Crippen LogP contribution in [-0.2, 0) is 11.2 Å². The lowest BCUT2D eigenvalue weighted by molar-refractivity contribution is -0.116. The van der Waals surface area contributed by atoms with E-state index in [1.54, 1.807) is 0 Å². The van der Waals surface area contributed by atoms with Gasteiger partial charge in [-0.05, 0) is 11.6 Å². The molecule has 0 aliphatic rings. The summed E-state index contributed by atoms with van der Waals surface area (Å²) in [6.45, 7) is 0. The SMILES string of the molecule is O=C(CCl)Cc1cc(=O)[nH]c2ccccc12. The van der Waals surface area contributed by atoms with Gasteiger partial charge >= 0.3 is 0 Å². The monoisotopic (exact) mass is 235 g/mol. The van der Waals surface area contributed by atoms with Gasteiger partial charge in [0.25, 0.3) is 0 Å². The van der Waals surface area contributed by atoms with Crippen LogP contribution in [0.3, 0.4) is 0 Å². The zero-order valence-corrected chi connectivity index (χ0v) is 9.25. The van der Waals surface area contributed by atoms with E-state index >= 15 is 0 Å². The highest BCUT2D eigenvalue weighted by Gasteiger charge is 2.07. The van der Waals surface area contributed by atoms with Crippen molar-refractivity contribution in [3.63, 3.8) is 0 Å². The summed E-state index contributed by atoms with van der Waals surface area (Å²) in [7, 11) is 0. The molecule has 0 aliphatic heterocycles. The highest BCUT2D eigenvalue weighted by molar-refractivity contribution is 6.27. The van der Waals surface area contributed by atoms with Crippen molar-refractivity contribution in [2.45, 2.75) is 6.42 Å². The van der Waals surface area contributed by atoms with E-state index in [-0.39, 0.29) is 23.6 Å². The number of rotatable bonds is 3. The van der Waals surface area contributed by atoms with E-state index in [2.05, 4.69) is 4.98 Å². The molecule has 0 saturated heterocycles. The molecule has 82 valence electrons. The van der Waals surface area contributed by atoms with Gasteiger partial charge in [-0.1, -0.05) is 18.2 Å². The van der Waals surface area contributed by atoms with Gasteiger partial charge < -0.3 is 4.98 Å². The first-order valence-electron chi connectivity index (χ1n) is 4.89. The molecule has 3 nitrogen and oxygen atoms in total. The Morgan fingerprint density at radius 1 is 1.31 bits per heavy atom. The Labute approximate surface area is 97.1 Å². The molecule has 16 heavy (non-hydrogen) atoms. The molecule has 0 saturated carbocycles. The van der Waals surface area contributed by atoms with Crippen molar-refractivity contribution in [3.8, 4) is 0 Å². The second-order valence-corrected chi connectivity index (χ2v) is 3.82. The summed E-state index contributed by atoms with van der Waals surface area (Å²) in [6, 6.07) is 8.85. The molecule has 0 unspecified atom stereocenters. The lowest BCUT2D eigenvalue weighted by Crippen LogP contribution is -2.10. The van der Waals surface area contributed by atoms with Crippen LogP contribution in [0.2, 0.25) is 0 Å². The van der Waals surface area contributed by atoms with E-state index in [0.29, 0.717) is 0 Å². The Kier molecular flexibility index (Phi) is 3.06. The topological polar surface area (TPSA) is 49.9 Å². The molecule has 0 fully saturated rings. The van der Waals surface area contributed by atoms with Gasteiger partial charge in [-0.2, -0.15) is 0 Å². The van der Waals surface area contributed by atoms with Crippen molar-refractivity contribution < 1.29 is 4.79 Å². The standard InChI is InChI=1S/C12H10ClNO2/c13-7-9(15)5-8-6-12(16)14-11-4-2-1-3-10(8)11/h1-4,6H,5,7H2,(H,14,16). The minimum Gasteiger partial charge on any atom is -0.322 e. The third-order valence-corrected chi connectivity index (χ3v) is 2.67. The first kappa shape index (κ1) is 10.9. The lowest BCUT2D eigenvalue weighted by Gasteiger charge is -2.04. The second kappa shape index (κ2) is 4.49. The van der Waals surface area contributed by atoms with E-state index in [1.807, 2.05) is 24.3 Å². The maximum absolute atomic E-state index is 11.4. The van der Waals surface area contributed by atoms with Gasteiger partial charge in [0.15, 0.2) is 5.78 Å². The molecule has 0 aliphatic carbocycles. The van der Waals surface area contributed by atoms with E-state index in [1.165, 1.54) is 6.07 Å². The number of nitrogens with one attached hydrogen (secondary N) is 1. The van der Waals surface area contributed by atoms with Gasteiger partial charge in [0.1, 0.15) is 0 Å². The fourth-order valence-corrected chi connectivity index (χ4v) is 1.78. The molecular formula is C12H10ClNO2. The number of carbonyl (C=O) groups is 1. The summed E-state index contributed by atoms with van der Waals surface area (Å²) in [4.78, 5) is 25.4. The number of H-pyrrole nitrogens is 1. The van der Waals surface area contributed by atoms with Crippen LogP contribution in [0.5, 0.6) is 0 Å². The predicted octanol–water partition coefficient (Wildman–Crippen LogP) is 1.88. The Morgan fingerprint density at radius 3 is 2.81 bits per heavy atom. The molecule has 0 radical (unpaired) electrons. The Balaban J connectivity index is 2.59. The van der Waals surface area contributed by atoms with E-state index in [0.717, 1.165) is 16.5 Å². The number of alkyl halides is 1. The number of para-hydroxylation sites is 1. The number of aromatic amines is 1. The number of Topliss-reactive ketones (excluding diaryl/α,β-unsaturated/α-hetero) is 1. The lowest BCUT2D eigenvalue weighted by atomic mass is 10.0. The Hall–Kier alpha value is -1.61. The van der Waals surface area contributed by atoms with Crippen LogP contribution in [0.25, 0.3) is 10.9 Å². The number of hydrogen-bond acceptors (Lipinski definition) is 2. The zero-order valence-electron chi connectivity index (χ0n) is 8.50. The molecule has 0 amide bonds. The predicted molar refractivity (Wildman–Crippen MR) is 64.0 cm³/mol. The Morgan fingerprint density at radius 2 is 2.06 bits per heavy atom. The van der Waals surface area contributed by atoms with Gasteiger partial charge in [-0.3, -0.25) is 9.59 Å². The molecular weight excluding hydrogens is 226 g/mol. The van der Waals surface area contributed by atoms with Crippen molar-refractivity contribution in [2.75, 3.05) is 5.88 Å². The summed E-state index contributed by atoms with van der Waals surface area (Å²) >= 11 is 5.46. The second-order valence-electron chi connectivity index (χ2n) is 3.55. The number of pyridine rings is 1. The minimum atomic E-state index is -0.198. The van der Waals surface area contributed by atoms with Crippen molar-refractivity contribution in [2.24, 2.45) is 0 Å². The number of halogens is 1. The van der Waals surface area contributed by atoms with Crippen LogP contribution in [0, 0.1) is 0 Å². The van der Waals surface area contributed by atoms with Crippen molar-refractivity contribution in [1.29, 1.82) is 0 Å². The molecule has 1 heterocycles. The van der Waals surface area contributed by atoms with Crippen LogP contribution in [0.4, 0.5) is 0 Å². The molecule has 4 heteroatoms. The average molecular weight is 236 g/mol. The summed E-state index contributed by atoms with van der Waals surface area (Å²) < 4.78 is 0. The third-order valence-electron chi connectivity index (χ3n) is 2.37. The highest BCUT2D eigenvalue weighted by atomic mass is 35.5. The van der Waals surface area contributed by atoms with E-state index in [4.69, 9.17) is 11.6 Å². The van der Waals surface area contributed by atoms with Crippen molar-refractivity contribution >= 4 is 28.3 Å². The van der Waals surface area contributed by atoms with E-state index < -0.39 is 0 Å². The highest BCUT2D eigenvalue weighted by Crippen LogP contribution is 2.15. The zero-order chi connectivity index (χ0) is 11.5.